The number of halogens is 5. The lowest BCUT2D eigenvalue weighted by molar-refractivity contribution is 0.569. The van der Waals surface area contributed by atoms with Gasteiger partial charge in [-0.15, -0.1) is 0 Å². The summed E-state index contributed by atoms with van der Waals surface area (Å²) in [4.78, 5) is -0.323. The van der Waals surface area contributed by atoms with Gasteiger partial charge in [0.2, 0.25) is 0 Å². The van der Waals surface area contributed by atoms with Crippen LogP contribution in [-0.4, -0.2) is 0 Å². The minimum absolute atomic E-state index is 0.323. The first-order valence-corrected chi connectivity index (χ1v) is 8.23. The van der Waals surface area contributed by atoms with Gasteiger partial charge >= 0.3 is 0 Å². The van der Waals surface area contributed by atoms with E-state index < -0.39 is 11.6 Å². The number of hydrogen-bond acceptors (Lipinski definition) is 0. The maximum atomic E-state index is 13.9. The van der Waals surface area contributed by atoms with Crippen molar-refractivity contribution in [3.63, 3.8) is 0 Å². The van der Waals surface area contributed by atoms with Crippen molar-refractivity contribution in [3.8, 4) is 0 Å². The van der Waals surface area contributed by atoms with Crippen LogP contribution < -0.4 is 0 Å². The van der Waals surface area contributed by atoms with Crippen molar-refractivity contribution in [1.82, 2.24) is 0 Å². The molecule has 19 heavy (non-hydrogen) atoms. The van der Waals surface area contributed by atoms with E-state index in [4.69, 9.17) is 0 Å². The van der Waals surface area contributed by atoms with E-state index in [-0.39, 0.29) is 4.83 Å². The second-order valence-electron chi connectivity index (χ2n) is 4.15. The maximum absolute atomic E-state index is 13.9. The molecule has 0 aliphatic carbocycles. The molecule has 0 N–H and O–H groups in total. The third-order valence-corrected chi connectivity index (χ3v) is 5.16. The van der Waals surface area contributed by atoms with Crippen molar-refractivity contribution in [3.05, 3.63) is 66.7 Å². The number of aryl methyl sites for hydroxylation is 1. The molecule has 2 rings (SSSR count). The molecular formula is C14H9Br2F2I. The molecular weight excluding hydrogens is 493 g/mol. The van der Waals surface area contributed by atoms with Gasteiger partial charge in [-0.2, -0.15) is 0 Å². The van der Waals surface area contributed by atoms with Gasteiger partial charge in [0, 0.05) is 19.7 Å². The van der Waals surface area contributed by atoms with Crippen LogP contribution in [0.15, 0.2) is 34.8 Å². The Balaban J connectivity index is 2.52. The first-order chi connectivity index (χ1) is 8.90. The average molecular weight is 502 g/mol. The molecule has 0 bridgehead atoms. The molecule has 0 aliphatic heterocycles. The van der Waals surface area contributed by atoms with E-state index in [0.29, 0.717) is 11.1 Å². The second kappa shape index (κ2) is 6.18. The van der Waals surface area contributed by atoms with E-state index in [1.807, 2.05) is 18.2 Å². The van der Waals surface area contributed by atoms with Crippen molar-refractivity contribution in [1.29, 1.82) is 0 Å². The first-order valence-electron chi connectivity index (χ1n) is 5.44. The summed E-state index contributed by atoms with van der Waals surface area (Å²) in [7, 11) is 0. The molecule has 2 aromatic carbocycles. The molecule has 0 saturated carbocycles. The van der Waals surface area contributed by atoms with Crippen LogP contribution in [0.2, 0.25) is 0 Å². The van der Waals surface area contributed by atoms with Crippen LogP contribution >= 0.6 is 54.5 Å². The first kappa shape index (κ1) is 15.4. The summed E-state index contributed by atoms with van der Waals surface area (Å²) < 4.78 is 29.2. The Hall–Kier alpha value is -0.0100. The zero-order valence-corrected chi connectivity index (χ0v) is 15.2. The fourth-order valence-electron chi connectivity index (χ4n) is 1.75. The zero-order chi connectivity index (χ0) is 14.2. The highest BCUT2D eigenvalue weighted by Crippen LogP contribution is 2.37. The molecule has 1 unspecified atom stereocenters. The van der Waals surface area contributed by atoms with E-state index in [1.54, 1.807) is 6.92 Å². The number of hydrogen-bond donors (Lipinski definition) is 0. The van der Waals surface area contributed by atoms with Crippen molar-refractivity contribution in [2.24, 2.45) is 0 Å². The van der Waals surface area contributed by atoms with E-state index in [2.05, 4.69) is 54.5 Å². The highest BCUT2D eigenvalue weighted by atomic mass is 127. The van der Waals surface area contributed by atoms with Crippen molar-refractivity contribution in [2.45, 2.75) is 11.8 Å². The van der Waals surface area contributed by atoms with Crippen molar-refractivity contribution >= 4 is 54.5 Å². The molecule has 0 nitrogen and oxygen atoms in total. The van der Waals surface area contributed by atoms with Crippen molar-refractivity contribution < 1.29 is 8.78 Å². The molecule has 0 heterocycles. The van der Waals surface area contributed by atoms with E-state index >= 15 is 0 Å². The molecule has 2 aromatic rings. The highest BCUT2D eigenvalue weighted by Gasteiger charge is 2.19. The van der Waals surface area contributed by atoms with Gasteiger partial charge in [0.1, 0.15) is 11.6 Å². The molecule has 5 heteroatoms. The minimum Gasteiger partial charge on any atom is -0.207 e. The summed E-state index contributed by atoms with van der Waals surface area (Å²) in [6.45, 7) is 1.63. The Morgan fingerprint density at radius 1 is 1.05 bits per heavy atom. The Bertz CT molecular complexity index is 629. The fraction of sp³-hybridized carbons (Fsp3) is 0.143. The molecule has 0 saturated heterocycles. The van der Waals surface area contributed by atoms with E-state index in [1.165, 1.54) is 6.07 Å². The second-order valence-corrected chi connectivity index (χ2v) is 7.17. The van der Waals surface area contributed by atoms with Gasteiger partial charge in [0.25, 0.3) is 0 Å². The minimum atomic E-state index is -0.546. The Morgan fingerprint density at radius 3 is 2.42 bits per heavy atom. The van der Waals surface area contributed by atoms with Crippen LogP contribution in [0.5, 0.6) is 0 Å². The molecule has 0 fully saturated rings. The topological polar surface area (TPSA) is 0 Å². The van der Waals surface area contributed by atoms with E-state index in [0.717, 1.165) is 19.7 Å². The zero-order valence-electron chi connectivity index (χ0n) is 9.85. The predicted molar refractivity (Wildman–Crippen MR) is 88.7 cm³/mol. The predicted octanol–water partition coefficient (Wildman–Crippen LogP) is 6.12. The van der Waals surface area contributed by atoms with Crippen molar-refractivity contribution in [2.75, 3.05) is 0 Å². The van der Waals surface area contributed by atoms with Gasteiger partial charge in [-0.1, -0.05) is 31.9 Å². The lowest BCUT2D eigenvalue weighted by Crippen LogP contribution is -2.00. The number of rotatable bonds is 2. The normalized spacial score (nSPS) is 12.5. The molecule has 100 valence electrons. The largest absolute Gasteiger partial charge is 0.207 e. The standard InChI is InChI=1S/C14H9Br2F2I/c1-7-4-10(13(18)6-12(7)17)14(16)9-5-8(19)2-3-11(9)15/h2-6,14H,1H3. The Kier molecular flexibility index (Phi) is 5.00. The SMILES string of the molecule is Cc1cc(C(Br)c2cc(I)ccc2Br)c(F)cc1F. The Labute approximate surface area is 141 Å². The summed E-state index contributed by atoms with van der Waals surface area (Å²) in [6.07, 6.45) is 0. The third kappa shape index (κ3) is 3.36. The molecule has 0 aliphatic rings. The summed E-state index contributed by atoms with van der Waals surface area (Å²) in [5.41, 5.74) is 1.78. The van der Waals surface area contributed by atoms with Crippen LogP contribution in [-0.2, 0) is 0 Å². The summed E-state index contributed by atoms with van der Waals surface area (Å²) in [5, 5.41) is 0. The van der Waals surface area contributed by atoms with Gasteiger partial charge < -0.3 is 0 Å². The van der Waals surface area contributed by atoms with Gasteiger partial charge in [0.05, 0.1) is 4.83 Å². The molecule has 1 atom stereocenters. The summed E-state index contributed by atoms with van der Waals surface area (Å²) in [6, 6.07) is 8.30. The van der Waals surface area contributed by atoms with E-state index in [9.17, 15) is 8.78 Å². The average Bonchev–Trinajstić information content (AvgIpc) is 2.36. The number of benzene rings is 2. The van der Waals surface area contributed by atoms with Crippen LogP contribution in [0.3, 0.4) is 0 Å². The van der Waals surface area contributed by atoms with Gasteiger partial charge in [-0.25, -0.2) is 8.78 Å². The third-order valence-electron chi connectivity index (χ3n) is 2.78. The highest BCUT2D eigenvalue weighted by molar-refractivity contribution is 14.1. The number of alkyl halides is 1. The monoisotopic (exact) mass is 500 g/mol. The Morgan fingerprint density at radius 2 is 1.74 bits per heavy atom. The van der Waals surface area contributed by atoms with Gasteiger partial charge in [-0.3, -0.25) is 0 Å². The van der Waals surface area contributed by atoms with Crippen LogP contribution in [0.1, 0.15) is 21.5 Å². The maximum Gasteiger partial charge on any atom is 0.130 e. The lowest BCUT2D eigenvalue weighted by Gasteiger charge is -2.15. The van der Waals surface area contributed by atoms with Gasteiger partial charge in [0.15, 0.2) is 0 Å². The van der Waals surface area contributed by atoms with Gasteiger partial charge in [-0.05, 0) is 64.9 Å². The molecule has 0 amide bonds. The summed E-state index contributed by atoms with van der Waals surface area (Å²) in [5.74, 6) is -1.07. The quantitative estimate of drug-likeness (QED) is 0.343. The molecule has 0 aromatic heterocycles. The van der Waals surface area contributed by atoms with Crippen LogP contribution in [0, 0.1) is 22.1 Å². The van der Waals surface area contributed by atoms with Crippen LogP contribution in [0.4, 0.5) is 8.78 Å². The molecule has 0 radical (unpaired) electrons. The molecule has 0 spiro atoms. The smallest absolute Gasteiger partial charge is 0.130 e. The van der Waals surface area contributed by atoms with Crippen LogP contribution in [0.25, 0.3) is 0 Å². The fourth-order valence-corrected chi connectivity index (χ4v) is 3.78. The summed E-state index contributed by atoms with van der Waals surface area (Å²) >= 11 is 9.15. The lowest BCUT2D eigenvalue weighted by atomic mass is 10.0.